The second kappa shape index (κ2) is 9.73. The summed E-state index contributed by atoms with van der Waals surface area (Å²) < 4.78 is 67.6. The topological polar surface area (TPSA) is 95.1 Å². The lowest BCUT2D eigenvalue weighted by atomic mass is 9.98. The number of amides is 1. The Morgan fingerprint density at radius 3 is 1.91 bits per heavy atom. The molecule has 11 heteroatoms. The SMILES string of the molecule is Cc1ccc(S(=O)(=O)N2CCN(C(=O)[C@H]3CCCN(S(=O)(=O)c4ccc(F)cc4)C3)CC2)cc1. The second-order valence-corrected chi connectivity index (χ2v) is 12.6. The third kappa shape index (κ3) is 5.02. The van der Waals surface area contributed by atoms with E-state index in [1.54, 1.807) is 29.2 Å². The lowest BCUT2D eigenvalue weighted by Gasteiger charge is -2.38. The van der Waals surface area contributed by atoms with Gasteiger partial charge in [-0.2, -0.15) is 8.61 Å². The molecule has 2 saturated heterocycles. The van der Waals surface area contributed by atoms with Crippen molar-refractivity contribution in [2.45, 2.75) is 29.6 Å². The van der Waals surface area contributed by atoms with E-state index in [1.807, 2.05) is 6.92 Å². The van der Waals surface area contributed by atoms with Crippen LogP contribution >= 0.6 is 0 Å². The van der Waals surface area contributed by atoms with Crippen LogP contribution in [0.4, 0.5) is 4.39 Å². The average molecular weight is 510 g/mol. The average Bonchev–Trinajstić information content (AvgIpc) is 2.84. The van der Waals surface area contributed by atoms with Gasteiger partial charge in [-0.3, -0.25) is 4.79 Å². The Balaban J connectivity index is 1.39. The summed E-state index contributed by atoms with van der Waals surface area (Å²) in [6.07, 6.45) is 1.11. The number of piperazine rings is 1. The summed E-state index contributed by atoms with van der Waals surface area (Å²) in [5.41, 5.74) is 0.970. The number of aryl methyl sites for hydroxylation is 1. The van der Waals surface area contributed by atoms with Crippen LogP contribution in [0.5, 0.6) is 0 Å². The Morgan fingerprint density at radius 1 is 0.794 bits per heavy atom. The minimum absolute atomic E-state index is 0.00285. The van der Waals surface area contributed by atoms with Gasteiger partial charge in [0, 0.05) is 39.3 Å². The number of sulfonamides is 2. The molecule has 0 saturated carbocycles. The maximum atomic E-state index is 13.2. The Labute approximate surface area is 200 Å². The van der Waals surface area contributed by atoms with E-state index in [9.17, 15) is 26.0 Å². The van der Waals surface area contributed by atoms with E-state index < -0.39 is 31.8 Å². The number of nitrogens with zero attached hydrogens (tertiary/aromatic N) is 3. The van der Waals surface area contributed by atoms with Gasteiger partial charge in [-0.1, -0.05) is 17.7 Å². The van der Waals surface area contributed by atoms with Crippen molar-refractivity contribution in [3.8, 4) is 0 Å². The van der Waals surface area contributed by atoms with Crippen molar-refractivity contribution in [2.75, 3.05) is 39.3 Å². The fourth-order valence-electron chi connectivity index (χ4n) is 4.38. The van der Waals surface area contributed by atoms with Gasteiger partial charge in [-0.25, -0.2) is 21.2 Å². The predicted molar refractivity (Wildman–Crippen MR) is 124 cm³/mol. The van der Waals surface area contributed by atoms with E-state index in [0.29, 0.717) is 19.4 Å². The normalized spacial score (nSPS) is 20.9. The van der Waals surface area contributed by atoms with Crippen molar-refractivity contribution in [1.29, 1.82) is 0 Å². The highest BCUT2D eigenvalue weighted by molar-refractivity contribution is 7.89. The molecule has 0 N–H and O–H groups in total. The van der Waals surface area contributed by atoms with Gasteiger partial charge in [0.2, 0.25) is 26.0 Å². The van der Waals surface area contributed by atoms with Crippen molar-refractivity contribution in [1.82, 2.24) is 13.5 Å². The van der Waals surface area contributed by atoms with Gasteiger partial charge < -0.3 is 4.90 Å². The first-order chi connectivity index (χ1) is 16.1. The molecule has 2 aromatic rings. The summed E-state index contributed by atoms with van der Waals surface area (Å²) in [7, 11) is -7.46. The fraction of sp³-hybridized carbons (Fsp3) is 0.435. The zero-order chi connectivity index (χ0) is 24.5. The third-order valence-corrected chi connectivity index (χ3v) is 10.2. The summed E-state index contributed by atoms with van der Waals surface area (Å²) >= 11 is 0. The van der Waals surface area contributed by atoms with E-state index in [2.05, 4.69) is 0 Å². The molecule has 0 radical (unpaired) electrons. The van der Waals surface area contributed by atoms with Crippen molar-refractivity contribution in [3.05, 3.63) is 59.9 Å². The molecular formula is C23H28FN3O5S2. The molecule has 0 aromatic heterocycles. The van der Waals surface area contributed by atoms with E-state index in [0.717, 1.165) is 17.7 Å². The molecular weight excluding hydrogens is 481 g/mol. The van der Waals surface area contributed by atoms with E-state index in [-0.39, 0.29) is 48.4 Å². The number of hydrogen-bond donors (Lipinski definition) is 0. The lowest BCUT2D eigenvalue weighted by Crippen LogP contribution is -2.54. The number of rotatable bonds is 5. The highest BCUT2D eigenvalue weighted by Crippen LogP contribution is 2.26. The number of piperidine rings is 1. The largest absolute Gasteiger partial charge is 0.340 e. The van der Waals surface area contributed by atoms with Crippen LogP contribution in [0.3, 0.4) is 0 Å². The van der Waals surface area contributed by atoms with Gasteiger partial charge in [-0.15, -0.1) is 0 Å². The van der Waals surface area contributed by atoms with Crippen LogP contribution in [-0.2, 0) is 24.8 Å². The van der Waals surface area contributed by atoms with E-state index in [4.69, 9.17) is 0 Å². The number of halogens is 1. The minimum Gasteiger partial charge on any atom is -0.340 e. The van der Waals surface area contributed by atoms with Crippen LogP contribution in [0, 0.1) is 18.7 Å². The molecule has 2 aromatic carbocycles. The predicted octanol–water partition coefficient (Wildman–Crippen LogP) is 2.07. The first kappa shape index (κ1) is 24.8. The Kier molecular flexibility index (Phi) is 7.09. The van der Waals surface area contributed by atoms with Crippen molar-refractivity contribution in [3.63, 3.8) is 0 Å². The minimum atomic E-state index is -3.83. The molecule has 0 spiro atoms. The maximum Gasteiger partial charge on any atom is 0.243 e. The van der Waals surface area contributed by atoms with Gasteiger partial charge in [0.1, 0.15) is 5.82 Å². The third-order valence-electron chi connectivity index (χ3n) is 6.39. The molecule has 2 fully saturated rings. The quantitative estimate of drug-likeness (QED) is 0.615. The fourth-order valence-corrected chi connectivity index (χ4v) is 7.33. The smallest absolute Gasteiger partial charge is 0.243 e. The van der Waals surface area contributed by atoms with Gasteiger partial charge in [-0.05, 0) is 56.2 Å². The molecule has 1 atom stereocenters. The van der Waals surface area contributed by atoms with Crippen LogP contribution in [0.2, 0.25) is 0 Å². The number of carbonyl (C=O) groups is 1. The van der Waals surface area contributed by atoms with Gasteiger partial charge in [0.15, 0.2) is 0 Å². The van der Waals surface area contributed by atoms with Crippen LogP contribution in [0.15, 0.2) is 58.3 Å². The Bertz CT molecular complexity index is 1240. The lowest BCUT2D eigenvalue weighted by molar-refractivity contribution is -0.137. The van der Waals surface area contributed by atoms with Crippen molar-refractivity contribution >= 4 is 26.0 Å². The number of benzene rings is 2. The molecule has 34 heavy (non-hydrogen) atoms. The number of hydrogen-bond acceptors (Lipinski definition) is 5. The monoisotopic (exact) mass is 509 g/mol. The Morgan fingerprint density at radius 2 is 1.32 bits per heavy atom. The summed E-state index contributed by atoms with van der Waals surface area (Å²) in [6.45, 7) is 3.12. The molecule has 0 unspecified atom stereocenters. The van der Waals surface area contributed by atoms with Crippen LogP contribution in [-0.4, -0.2) is 75.5 Å². The molecule has 0 bridgehead atoms. The van der Waals surface area contributed by atoms with Crippen molar-refractivity contribution in [2.24, 2.45) is 5.92 Å². The first-order valence-corrected chi connectivity index (χ1v) is 14.1. The van der Waals surface area contributed by atoms with Gasteiger partial charge in [0.25, 0.3) is 0 Å². The first-order valence-electron chi connectivity index (χ1n) is 11.2. The van der Waals surface area contributed by atoms with Crippen LogP contribution < -0.4 is 0 Å². The number of carbonyl (C=O) groups excluding carboxylic acids is 1. The maximum absolute atomic E-state index is 13.2. The molecule has 4 rings (SSSR count). The zero-order valence-corrected chi connectivity index (χ0v) is 20.6. The summed E-state index contributed by atoms with van der Waals surface area (Å²) in [5.74, 6) is -1.18. The molecule has 8 nitrogen and oxygen atoms in total. The standard InChI is InChI=1S/C23H28FN3O5S2/c1-18-4-8-21(9-5-18)33(29,30)26-15-13-25(14-16-26)23(28)19-3-2-12-27(17-19)34(31,32)22-10-6-20(24)7-11-22/h4-11,19H,2-3,12-17H2,1H3/t19-/m0/s1. The molecule has 1 amide bonds. The highest BCUT2D eigenvalue weighted by atomic mass is 32.2. The Hall–Kier alpha value is -2.34. The molecule has 0 aliphatic carbocycles. The molecule has 2 heterocycles. The van der Waals surface area contributed by atoms with Crippen molar-refractivity contribution < 1.29 is 26.0 Å². The second-order valence-electron chi connectivity index (χ2n) is 8.70. The van der Waals surface area contributed by atoms with E-state index in [1.165, 1.54) is 20.7 Å². The highest BCUT2D eigenvalue weighted by Gasteiger charge is 2.37. The molecule has 2 aliphatic rings. The molecule has 2 aliphatic heterocycles. The van der Waals surface area contributed by atoms with Crippen LogP contribution in [0.1, 0.15) is 18.4 Å². The van der Waals surface area contributed by atoms with E-state index >= 15 is 0 Å². The zero-order valence-electron chi connectivity index (χ0n) is 18.9. The van der Waals surface area contributed by atoms with Gasteiger partial charge >= 0.3 is 0 Å². The summed E-state index contributed by atoms with van der Waals surface area (Å²) in [6, 6.07) is 11.3. The van der Waals surface area contributed by atoms with Gasteiger partial charge in [0.05, 0.1) is 15.7 Å². The summed E-state index contributed by atoms with van der Waals surface area (Å²) in [5, 5.41) is 0. The molecule has 184 valence electrons. The summed E-state index contributed by atoms with van der Waals surface area (Å²) in [4.78, 5) is 15.0. The van der Waals surface area contributed by atoms with Crippen LogP contribution in [0.25, 0.3) is 0 Å².